The zero-order valence-corrected chi connectivity index (χ0v) is 12.4. The SMILES string of the molecule is CCC1(CN2CCC(=O)NC(C(C)C)C2=O)CCC1. The van der Waals surface area contributed by atoms with Gasteiger partial charge in [0, 0.05) is 19.5 Å². The fourth-order valence-corrected chi connectivity index (χ4v) is 3.16. The van der Waals surface area contributed by atoms with Crippen molar-refractivity contribution < 1.29 is 9.59 Å². The molecule has 4 nitrogen and oxygen atoms in total. The van der Waals surface area contributed by atoms with Gasteiger partial charge >= 0.3 is 0 Å². The minimum absolute atomic E-state index is 0.00806. The lowest BCUT2D eigenvalue weighted by Gasteiger charge is -2.45. The Morgan fingerprint density at radius 1 is 1.37 bits per heavy atom. The van der Waals surface area contributed by atoms with Crippen molar-refractivity contribution in [3.05, 3.63) is 0 Å². The van der Waals surface area contributed by atoms with Crippen LogP contribution in [0.5, 0.6) is 0 Å². The molecule has 0 aromatic rings. The van der Waals surface area contributed by atoms with E-state index in [0.29, 0.717) is 18.4 Å². The first-order valence-corrected chi connectivity index (χ1v) is 7.55. The van der Waals surface area contributed by atoms with Crippen LogP contribution in [0.3, 0.4) is 0 Å². The Morgan fingerprint density at radius 2 is 2.05 bits per heavy atom. The van der Waals surface area contributed by atoms with Gasteiger partial charge in [0.05, 0.1) is 0 Å². The normalized spacial score (nSPS) is 26.9. The van der Waals surface area contributed by atoms with Crippen LogP contribution in [-0.2, 0) is 9.59 Å². The van der Waals surface area contributed by atoms with E-state index in [4.69, 9.17) is 0 Å². The van der Waals surface area contributed by atoms with Gasteiger partial charge in [-0.25, -0.2) is 0 Å². The summed E-state index contributed by atoms with van der Waals surface area (Å²) in [6.07, 6.45) is 5.29. The average molecular weight is 266 g/mol. The van der Waals surface area contributed by atoms with Crippen LogP contribution < -0.4 is 5.32 Å². The monoisotopic (exact) mass is 266 g/mol. The van der Waals surface area contributed by atoms with Gasteiger partial charge in [-0.3, -0.25) is 9.59 Å². The van der Waals surface area contributed by atoms with E-state index in [-0.39, 0.29) is 23.8 Å². The minimum atomic E-state index is -0.344. The highest BCUT2D eigenvalue weighted by molar-refractivity contribution is 5.90. The standard InChI is InChI=1S/C15H26N2O2/c1-4-15(7-5-8-15)10-17-9-6-12(18)16-13(11(2)3)14(17)19/h11,13H,4-10H2,1-3H3,(H,16,18). The Bertz CT molecular complexity index is 356. The van der Waals surface area contributed by atoms with Crippen molar-refractivity contribution in [2.75, 3.05) is 13.1 Å². The van der Waals surface area contributed by atoms with Gasteiger partial charge in [0.2, 0.25) is 11.8 Å². The maximum Gasteiger partial charge on any atom is 0.245 e. The largest absolute Gasteiger partial charge is 0.344 e. The molecule has 0 aromatic heterocycles. The van der Waals surface area contributed by atoms with Gasteiger partial charge < -0.3 is 10.2 Å². The third-order valence-electron chi connectivity index (χ3n) is 4.86. The van der Waals surface area contributed by atoms with Gasteiger partial charge in [0.1, 0.15) is 6.04 Å². The molecule has 0 bridgehead atoms. The van der Waals surface area contributed by atoms with Crippen LogP contribution in [0.25, 0.3) is 0 Å². The molecule has 1 saturated heterocycles. The van der Waals surface area contributed by atoms with Gasteiger partial charge in [-0.2, -0.15) is 0 Å². The molecule has 1 N–H and O–H groups in total. The summed E-state index contributed by atoms with van der Waals surface area (Å²) in [4.78, 5) is 26.2. The molecule has 2 amide bonds. The van der Waals surface area contributed by atoms with E-state index in [2.05, 4.69) is 12.2 Å². The molecule has 1 aliphatic carbocycles. The van der Waals surface area contributed by atoms with Crippen LogP contribution in [-0.4, -0.2) is 35.8 Å². The first-order valence-electron chi connectivity index (χ1n) is 7.55. The maximum absolute atomic E-state index is 12.6. The summed E-state index contributed by atoms with van der Waals surface area (Å²) >= 11 is 0. The van der Waals surface area contributed by atoms with E-state index in [1.54, 1.807) is 0 Å². The molecule has 2 rings (SSSR count). The summed E-state index contributed by atoms with van der Waals surface area (Å²) in [7, 11) is 0. The van der Waals surface area contributed by atoms with Crippen molar-refractivity contribution in [1.82, 2.24) is 10.2 Å². The summed E-state index contributed by atoms with van der Waals surface area (Å²) in [6, 6.07) is -0.344. The van der Waals surface area contributed by atoms with Gasteiger partial charge in [-0.15, -0.1) is 0 Å². The highest BCUT2D eigenvalue weighted by Gasteiger charge is 2.40. The van der Waals surface area contributed by atoms with Crippen LogP contribution in [0.15, 0.2) is 0 Å². The molecule has 1 heterocycles. The predicted octanol–water partition coefficient (Wildman–Crippen LogP) is 1.94. The molecular formula is C15H26N2O2. The third-order valence-corrected chi connectivity index (χ3v) is 4.86. The summed E-state index contributed by atoms with van der Waals surface area (Å²) in [5, 5.41) is 2.87. The van der Waals surface area contributed by atoms with Crippen LogP contribution >= 0.6 is 0 Å². The Balaban J connectivity index is 2.10. The number of carbonyl (C=O) groups excluding carboxylic acids is 2. The van der Waals surface area contributed by atoms with E-state index >= 15 is 0 Å². The van der Waals surface area contributed by atoms with E-state index < -0.39 is 0 Å². The lowest BCUT2D eigenvalue weighted by Crippen LogP contribution is -2.51. The van der Waals surface area contributed by atoms with Crippen LogP contribution in [0.4, 0.5) is 0 Å². The number of amides is 2. The predicted molar refractivity (Wildman–Crippen MR) is 74.5 cm³/mol. The zero-order chi connectivity index (χ0) is 14.0. The lowest BCUT2D eigenvalue weighted by atomic mass is 9.66. The van der Waals surface area contributed by atoms with Crippen molar-refractivity contribution in [3.63, 3.8) is 0 Å². The Kier molecular flexibility index (Phi) is 4.16. The van der Waals surface area contributed by atoms with E-state index in [9.17, 15) is 9.59 Å². The lowest BCUT2D eigenvalue weighted by molar-refractivity contribution is -0.137. The third kappa shape index (κ3) is 2.93. The van der Waals surface area contributed by atoms with E-state index in [1.165, 1.54) is 19.3 Å². The van der Waals surface area contributed by atoms with E-state index in [0.717, 1.165) is 13.0 Å². The van der Waals surface area contributed by atoms with Gasteiger partial charge in [0.15, 0.2) is 0 Å². The molecule has 19 heavy (non-hydrogen) atoms. The number of rotatable bonds is 4. The Labute approximate surface area is 115 Å². The van der Waals surface area contributed by atoms with E-state index in [1.807, 2.05) is 18.7 Å². The molecule has 108 valence electrons. The van der Waals surface area contributed by atoms with Crippen LogP contribution in [0, 0.1) is 11.3 Å². The molecule has 2 aliphatic rings. The highest BCUT2D eigenvalue weighted by atomic mass is 16.2. The van der Waals surface area contributed by atoms with Crippen LogP contribution in [0.1, 0.15) is 52.9 Å². The van der Waals surface area contributed by atoms with Crippen molar-refractivity contribution in [2.45, 2.75) is 58.9 Å². The van der Waals surface area contributed by atoms with Gasteiger partial charge in [-0.1, -0.05) is 27.2 Å². The fraction of sp³-hybridized carbons (Fsp3) is 0.867. The molecule has 0 radical (unpaired) electrons. The molecule has 4 heteroatoms. The van der Waals surface area contributed by atoms with Gasteiger partial charge in [0.25, 0.3) is 0 Å². The van der Waals surface area contributed by atoms with Crippen molar-refractivity contribution in [2.24, 2.45) is 11.3 Å². The molecule has 2 fully saturated rings. The summed E-state index contributed by atoms with van der Waals surface area (Å²) in [6.45, 7) is 7.61. The number of carbonyl (C=O) groups is 2. The second kappa shape index (κ2) is 5.51. The second-order valence-corrected chi connectivity index (χ2v) is 6.51. The van der Waals surface area contributed by atoms with Gasteiger partial charge in [-0.05, 0) is 30.6 Å². The summed E-state index contributed by atoms with van der Waals surface area (Å²) in [5.74, 6) is 0.269. The minimum Gasteiger partial charge on any atom is -0.344 e. The number of hydrogen-bond donors (Lipinski definition) is 1. The zero-order valence-electron chi connectivity index (χ0n) is 12.4. The second-order valence-electron chi connectivity index (χ2n) is 6.51. The highest BCUT2D eigenvalue weighted by Crippen LogP contribution is 2.44. The first kappa shape index (κ1) is 14.4. The number of hydrogen-bond acceptors (Lipinski definition) is 2. The maximum atomic E-state index is 12.6. The fourth-order valence-electron chi connectivity index (χ4n) is 3.16. The molecular weight excluding hydrogens is 240 g/mol. The van der Waals surface area contributed by atoms with Crippen molar-refractivity contribution in [1.29, 1.82) is 0 Å². The topological polar surface area (TPSA) is 49.4 Å². The molecule has 1 atom stereocenters. The number of nitrogens with zero attached hydrogens (tertiary/aromatic N) is 1. The summed E-state index contributed by atoms with van der Waals surface area (Å²) < 4.78 is 0. The van der Waals surface area contributed by atoms with Crippen molar-refractivity contribution in [3.8, 4) is 0 Å². The summed E-state index contributed by atoms with van der Waals surface area (Å²) in [5.41, 5.74) is 0.324. The molecule has 1 saturated carbocycles. The van der Waals surface area contributed by atoms with Crippen LogP contribution in [0.2, 0.25) is 0 Å². The quantitative estimate of drug-likeness (QED) is 0.845. The Hall–Kier alpha value is -1.06. The van der Waals surface area contributed by atoms with Crippen molar-refractivity contribution >= 4 is 11.8 Å². The molecule has 0 aromatic carbocycles. The molecule has 1 unspecified atom stereocenters. The number of nitrogens with one attached hydrogen (secondary N) is 1. The molecule has 1 aliphatic heterocycles. The molecule has 0 spiro atoms. The smallest absolute Gasteiger partial charge is 0.245 e. The Morgan fingerprint density at radius 3 is 2.53 bits per heavy atom. The first-order chi connectivity index (χ1) is 8.97. The average Bonchev–Trinajstić information content (AvgIpc) is 2.46.